The third-order valence-electron chi connectivity index (χ3n) is 2.06. The van der Waals surface area contributed by atoms with Gasteiger partial charge in [0.25, 0.3) is 0 Å². The zero-order chi connectivity index (χ0) is 12.1. The van der Waals surface area contributed by atoms with Crippen molar-refractivity contribution in [3.63, 3.8) is 0 Å². The summed E-state index contributed by atoms with van der Waals surface area (Å²) in [6.45, 7) is 7.14. The molecule has 0 aliphatic carbocycles. The van der Waals surface area contributed by atoms with Crippen LogP contribution < -0.4 is 5.73 Å². The first-order chi connectivity index (χ1) is 7.56. The Balaban J connectivity index is 2.69. The Hall–Kier alpha value is -1.43. The highest BCUT2D eigenvalue weighted by atomic mass is 16.5. The molecular formula is C10H18N4O2. The van der Waals surface area contributed by atoms with Crippen molar-refractivity contribution < 1.29 is 9.53 Å². The van der Waals surface area contributed by atoms with Crippen LogP contribution in [0.3, 0.4) is 0 Å². The minimum atomic E-state index is -0.422. The summed E-state index contributed by atoms with van der Waals surface area (Å²) in [6.07, 6.45) is 0. The van der Waals surface area contributed by atoms with Crippen molar-refractivity contribution in [2.45, 2.75) is 27.3 Å². The maximum atomic E-state index is 11.6. The summed E-state index contributed by atoms with van der Waals surface area (Å²) in [5.74, 6) is -0.113. The molecule has 1 heterocycles. The maximum Gasteiger partial charge on any atom is 0.360 e. The molecule has 6 heteroatoms. The number of carbonyl (C=O) groups excluding carboxylic acids is 1. The Bertz CT molecular complexity index is 360. The Morgan fingerprint density at radius 2 is 2.25 bits per heavy atom. The quantitative estimate of drug-likeness (QED) is 0.733. The van der Waals surface area contributed by atoms with Gasteiger partial charge in [-0.2, -0.15) is 0 Å². The van der Waals surface area contributed by atoms with E-state index in [2.05, 4.69) is 10.3 Å². The SMILES string of the molecule is Cc1c(C(=O)OCC(C)C)nnn1CCN. The molecule has 16 heavy (non-hydrogen) atoms. The normalized spacial score (nSPS) is 10.8. The molecule has 0 bridgehead atoms. The molecule has 0 saturated carbocycles. The minimum absolute atomic E-state index is 0.272. The average molecular weight is 226 g/mol. The van der Waals surface area contributed by atoms with E-state index in [1.54, 1.807) is 11.6 Å². The summed E-state index contributed by atoms with van der Waals surface area (Å²) in [5.41, 5.74) is 6.37. The van der Waals surface area contributed by atoms with Gasteiger partial charge in [-0.1, -0.05) is 19.1 Å². The lowest BCUT2D eigenvalue weighted by molar-refractivity contribution is 0.0451. The molecule has 6 nitrogen and oxygen atoms in total. The topological polar surface area (TPSA) is 83.0 Å². The number of ether oxygens (including phenoxy) is 1. The second kappa shape index (κ2) is 5.60. The lowest BCUT2D eigenvalue weighted by Gasteiger charge is -2.05. The Morgan fingerprint density at radius 3 is 2.81 bits per heavy atom. The molecule has 1 rings (SSSR count). The molecule has 0 aromatic carbocycles. The van der Waals surface area contributed by atoms with E-state index in [1.165, 1.54) is 0 Å². The first kappa shape index (κ1) is 12.6. The summed E-state index contributed by atoms with van der Waals surface area (Å²) in [4.78, 5) is 11.6. The number of hydrogen-bond donors (Lipinski definition) is 1. The van der Waals surface area contributed by atoms with Gasteiger partial charge in [0.1, 0.15) is 0 Å². The molecule has 2 N–H and O–H groups in total. The Kier molecular flexibility index (Phi) is 4.42. The van der Waals surface area contributed by atoms with Gasteiger partial charge >= 0.3 is 5.97 Å². The lowest BCUT2D eigenvalue weighted by atomic mass is 10.2. The van der Waals surface area contributed by atoms with Crippen LogP contribution in [0.1, 0.15) is 30.0 Å². The van der Waals surface area contributed by atoms with Gasteiger partial charge in [-0.05, 0) is 12.8 Å². The van der Waals surface area contributed by atoms with Crippen LogP contribution in [0.25, 0.3) is 0 Å². The minimum Gasteiger partial charge on any atom is -0.461 e. The van der Waals surface area contributed by atoms with Crippen molar-refractivity contribution in [2.75, 3.05) is 13.2 Å². The first-order valence-corrected chi connectivity index (χ1v) is 5.33. The second-order valence-corrected chi connectivity index (χ2v) is 4.03. The van der Waals surface area contributed by atoms with Crippen molar-refractivity contribution in [1.29, 1.82) is 0 Å². The van der Waals surface area contributed by atoms with Crippen LogP contribution in [-0.2, 0) is 11.3 Å². The highest BCUT2D eigenvalue weighted by Crippen LogP contribution is 2.06. The number of nitrogens with zero attached hydrogens (tertiary/aromatic N) is 3. The first-order valence-electron chi connectivity index (χ1n) is 5.33. The number of carbonyl (C=O) groups is 1. The van der Waals surface area contributed by atoms with Crippen LogP contribution in [0.5, 0.6) is 0 Å². The van der Waals surface area contributed by atoms with E-state index in [0.29, 0.717) is 31.3 Å². The maximum absolute atomic E-state index is 11.6. The monoisotopic (exact) mass is 226 g/mol. The van der Waals surface area contributed by atoms with Gasteiger partial charge in [0.05, 0.1) is 18.8 Å². The van der Waals surface area contributed by atoms with Gasteiger partial charge in [0.15, 0.2) is 5.69 Å². The molecule has 0 unspecified atom stereocenters. The van der Waals surface area contributed by atoms with E-state index in [9.17, 15) is 4.79 Å². The third-order valence-corrected chi connectivity index (χ3v) is 2.06. The second-order valence-electron chi connectivity index (χ2n) is 4.03. The van der Waals surface area contributed by atoms with Gasteiger partial charge in [-0.15, -0.1) is 5.10 Å². The van der Waals surface area contributed by atoms with Crippen LogP contribution in [0, 0.1) is 12.8 Å². The fraction of sp³-hybridized carbons (Fsp3) is 0.700. The van der Waals surface area contributed by atoms with Gasteiger partial charge in [-0.25, -0.2) is 9.48 Å². The standard InChI is InChI=1S/C10H18N4O2/c1-7(2)6-16-10(15)9-8(3)14(5-4-11)13-12-9/h7H,4-6,11H2,1-3H3. The zero-order valence-corrected chi connectivity index (χ0v) is 9.93. The molecule has 0 spiro atoms. The van der Waals surface area contributed by atoms with Crippen molar-refractivity contribution >= 4 is 5.97 Å². The number of nitrogens with two attached hydrogens (primary N) is 1. The van der Waals surface area contributed by atoms with Crippen LogP contribution in [0.4, 0.5) is 0 Å². The predicted molar refractivity (Wildman–Crippen MR) is 58.9 cm³/mol. The van der Waals surface area contributed by atoms with Crippen molar-refractivity contribution in [3.05, 3.63) is 11.4 Å². The molecule has 0 aliphatic heterocycles. The molecule has 0 fully saturated rings. The number of aromatic nitrogens is 3. The Morgan fingerprint density at radius 1 is 1.56 bits per heavy atom. The van der Waals surface area contributed by atoms with E-state index in [-0.39, 0.29) is 5.69 Å². The van der Waals surface area contributed by atoms with Gasteiger partial charge in [0.2, 0.25) is 0 Å². The lowest BCUT2D eigenvalue weighted by Crippen LogP contribution is -2.14. The fourth-order valence-electron chi connectivity index (χ4n) is 1.19. The van der Waals surface area contributed by atoms with E-state index >= 15 is 0 Å². The fourth-order valence-corrected chi connectivity index (χ4v) is 1.19. The molecule has 0 saturated heterocycles. The summed E-state index contributed by atoms with van der Waals surface area (Å²) in [7, 11) is 0. The number of rotatable bonds is 5. The molecule has 0 aliphatic rings. The molecule has 1 aromatic heterocycles. The molecule has 0 atom stereocenters. The molecule has 0 amide bonds. The third kappa shape index (κ3) is 3.03. The highest BCUT2D eigenvalue weighted by molar-refractivity contribution is 5.88. The largest absolute Gasteiger partial charge is 0.461 e. The van der Waals surface area contributed by atoms with Crippen LogP contribution in [0.15, 0.2) is 0 Å². The van der Waals surface area contributed by atoms with Gasteiger partial charge in [0, 0.05) is 6.54 Å². The smallest absolute Gasteiger partial charge is 0.360 e. The molecule has 1 aromatic rings. The predicted octanol–water partition coefficient (Wildman–Crippen LogP) is 0.358. The van der Waals surface area contributed by atoms with Gasteiger partial charge in [-0.3, -0.25) is 0 Å². The number of hydrogen-bond acceptors (Lipinski definition) is 5. The van der Waals surface area contributed by atoms with Gasteiger partial charge < -0.3 is 10.5 Å². The molecular weight excluding hydrogens is 208 g/mol. The Labute approximate surface area is 94.8 Å². The molecule has 0 radical (unpaired) electrons. The summed E-state index contributed by atoms with van der Waals surface area (Å²) in [6, 6.07) is 0. The van der Waals surface area contributed by atoms with E-state index < -0.39 is 5.97 Å². The molecule has 90 valence electrons. The summed E-state index contributed by atoms with van der Waals surface area (Å²) in [5, 5.41) is 7.63. The zero-order valence-electron chi connectivity index (χ0n) is 9.93. The van der Waals surface area contributed by atoms with Crippen molar-refractivity contribution in [3.8, 4) is 0 Å². The van der Waals surface area contributed by atoms with E-state index in [0.717, 1.165) is 0 Å². The number of esters is 1. The highest BCUT2D eigenvalue weighted by Gasteiger charge is 2.17. The average Bonchev–Trinajstić information content (AvgIpc) is 2.58. The van der Waals surface area contributed by atoms with E-state index in [1.807, 2.05) is 13.8 Å². The van der Waals surface area contributed by atoms with Crippen molar-refractivity contribution in [2.24, 2.45) is 11.7 Å². The van der Waals surface area contributed by atoms with Crippen molar-refractivity contribution in [1.82, 2.24) is 15.0 Å². The van der Waals surface area contributed by atoms with Crippen LogP contribution in [0.2, 0.25) is 0 Å². The van der Waals surface area contributed by atoms with Crippen LogP contribution in [-0.4, -0.2) is 34.1 Å². The summed E-state index contributed by atoms with van der Waals surface area (Å²) < 4.78 is 6.68. The summed E-state index contributed by atoms with van der Waals surface area (Å²) >= 11 is 0. The van der Waals surface area contributed by atoms with E-state index in [4.69, 9.17) is 10.5 Å². The van der Waals surface area contributed by atoms with Crippen LogP contribution >= 0.6 is 0 Å².